The van der Waals surface area contributed by atoms with Crippen molar-refractivity contribution in [3.05, 3.63) is 246 Å². The summed E-state index contributed by atoms with van der Waals surface area (Å²) in [5, 5.41) is 1.20. The second-order valence-electron chi connectivity index (χ2n) is 20.6. The first-order valence-corrected chi connectivity index (χ1v) is 26.7. The Kier molecular flexibility index (Phi) is 13.4. The van der Waals surface area contributed by atoms with Gasteiger partial charge in [-0.2, -0.15) is 65.9 Å². The summed E-state index contributed by atoms with van der Waals surface area (Å²) in [6.45, 7) is 0. The Morgan fingerprint density at radius 2 is 0.648 bits per heavy atom. The van der Waals surface area contributed by atoms with E-state index >= 15 is 13.2 Å². The van der Waals surface area contributed by atoms with Gasteiger partial charge in [-0.25, -0.2) is 15.0 Å². The van der Waals surface area contributed by atoms with Gasteiger partial charge in [0.2, 0.25) is 0 Å². The van der Waals surface area contributed by atoms with Gasteiger partial charge in [0.05, 0.1) is 61.3 Å². The van der Waals surface area contributed by atoms with Crippen molar-refractivity contribution in [2.45, 2.75) is 30.9 Å². The third kappa shape index (κ3) is 10.1. The Labute approximate surface area is 487 Å². The normalized spacial score (nSPS) is 12.7. The molecule has 0 fully saturated rings. The molecular formula is C68H36F15N5. The molecule has 0 N–H and O–H groups in total. The molecule has 0 aliphatic heterocycles. The van der Waals surface area contributed by atoms with Crippen LogP contribution in [0.4, 0.5) is 65.9 Å². The largest absolute Gasteiger partial charge is 0.417 e. The van der Waals surface area contributed by atoms with Gasteiger partial charge in [-0.15, -0.1) is 0 Å². The van der Waals surface area contributed by atoms with Crippen molar-refractivity contribution in [2.24, 2.45) is 0 Å². The number of halogens is 15. The summed E-state index contributed by atoms with van der Waals surface area (Å²) in [4.78, 5) is 14.5. The summed E-state index contributed by atoms with van der Waals surface area (Å²) in [6, 6.07) is 49.2. The minimum Gasteiger partial charge on any atom is -0.309 e. The molecule has 0 unspecified atom stereocenters. The predicted molar refractivity (Wildman–Crippen MR) is 306 cm³/mol. The van der Waals surface area contributed by atoms with E-state index in [1.807, 2.05) is 0 Å². The van der Waals surface area contributed by atoms with E-state index in [-0.39, 0.29) is 90.6 Å². The predicted octanol–water partition coefficient (Wildman–Crippen LogP) is 21.2. The van der Waals surface area contributed by atoms with Crippen LogP contribution in [0.1, 0.15) is 27.8 Å². The summed E-state index contributed by atoms with van der Waals surface area (Å²) in [6.07, 6.45) is -25.9. The number of para-hydroxylation sites is 2. The van der Waals surface area contributed by atoms with Gasteiger partial charge in [0.1, 0.15) is 0 Å². The Hall–Kier alpha value is -10.2. The molecular weight excluding hydrogens is 1170 g/mol. The minimum atomic E-state index is -5.26. The standard InChI is InChI=1S/C68H36F15N5/c69-64(70,71)42-25-27-44(52(35-42)67(78,79)80)39-22-29-56-48(32-39)46-16-7-9-19-54(46)87(56)58-31-24-41(63-85-61(37-12-3-1-4-13-37)84-62(86-63)38-14-5-2-6-15-38)34-50(58)60-51(66(75,76)77)18-11-21-59(60)88-55-20-10-8-17-47(55)49-33-40(23-30-57(49)88)45-28-26-43(65(72,73)74)36-53(45)68(81,82)83/h1-36H. The van der Waals surface area contributed by atoms with Gasteiger partial charge in [0.15, 0.2) is 17.5 Å². The highest BCUT2D eigenvalue weighted by molar-refractivity contribution is 6.13. The molecule has 3 heterocycles. The molecule has 88 heavy (non-hydrogen) atoms. The van der Waals surface area contributed by atoms with Crippen LogP contribution in [-0.2, 0) is 30.9 Å². The zero-order valence-corrected chi connectivity index (χ0v) is 44.7. The molecule has 438 valence electrons. The number of benzene rings is 10. The van der Waals surface area contributed by atoms with Crippen LogP contribution in [0, 0.1) is 0 Å². The maximum atomic E-state index is 16.4. The molecule has 10 aromatic carbocycles. The lowest BCUT2D eigenvalue weighted by Gasteiger charge is -2.23. The van der Waals surface area contributed by atoms with Crippen LogP contribution >= 0.6 is 0 Å². The third-order valence-corrected chi connectivity index (χ3v) is 15.3. The minimum absolute atomic E-state index is 0.0151. The Bertz CT molecular complexity index is 4840. The molecule has 0 radical (unpaired) electrons. The van der Waals surface area contributed by atoms with E-state index in [4.69, 9.17) is 15.0 Å². The van der Waals surface area contributed by atoms with Crippen molar-refractivity contribution in [2.75, 3.05) is 0 Å². The molecule has 13 rings (SSSR count). The molecule has 0 bridgehead atoms. The van der Waals surface area contributed by atoms with Gasteiger partial charge in [0, 0.05) is 49.4 Å². The molecule has 13 aromatic rings. The van der Waals surface area contributed by atoms with Gasteiger partial charge in [-0.3, -0.25) is 0 Å². The van der Waals surface area contributed by atoms with Crippen molar-refractivity contribution >= 4 is 43.6 Å². The molecule has 20 heteroatoms. The molecule has 0 saturated carbocycles. The van der Waals surface area contributed by atoms with Crippen LogP contribution in [0.15, 0.2) is 218 Å². The van der Waals surface area contributed by atoms with Crippen LogP contribution in [-0.4, -0.2) is 24.1 Å². The smallest absolute Gasteiger partial charge is 0.309 e. The van der Waals surface area contributed by atoms with Crippen LogP contribution in [0.3, 0.4) is 0 Å². The van der Waals surface area contributed by atoms with Crippen LogP contribution in [0.5, 0.6) is 0 Å². The zero-order chi connectivity index (χ0) is 61.8. The average Bonchev–Trinajstić information content (AvgIpc) is 1.63. The molecule has 0 saturated heterocycles. The van der Waals surface area contributed by atoms with E-state index < -0.39 is 75.4 Å². The first-order valence-electron chi connectivity index (χ1n) is 26.7. The number of hydrogen-bond donors (Lipinski definition) is 0. The average molecular weight is 1210 g/mol. The van der Waals surface area contributed by atoms with Crippen molar-refractivity contribution in [1.82, 2.24) is 24.1 Å². The quantitative estimate of drug-likeness (QED) is 0.142. The number of rotatable bonds is 8. The summed E-state index contributed by atoms with van der Waals surface area (Å²) in [5.41, 5.74) is -7.13. The molecule has 0 amide bonds. The first-order chi connectivity index (χ1) is 41.8. The van der Waals surface area contributed by atoms with E-state index in [1.165, 1.54) is 65.2 Å². The van der Waals surface area contributed by atoms with Gasteiger partial charge in [-0.1, -0.05) is 127 Å². The Balaban J connectivity index is 1.11. The van der Waals surface area contributed by atoms with Crippen molar-refractivity contribution in [1.29, 1.82) is 0 Å². The lowest BCUT2D eigenvalue weighted by Crippen LogP contribution is -2.12. The number of hydrogen-bond acceptors (Lipinski definition) is 3. The topological polar surface area (TPSA) is 48.5 Å². The summed E-state index contributed by atoms with van der Waals surface area (Å²) >= 11 is 0. The van der Waals surface area contributed by atoms with Crippen LogP contribution in [0.2, 0.25) is 0 Å². The second kappa shape index (κ2) is 20.7. The second-order valence-corrected chi connectivity index (χ2v) is 20.6. The first kappa shape index (κ1) is 56.9. The lowest BCUT2D eigenvalue weighted by atomic mass is 9.93. The van der Waals surface area contributed by atoms with Gasteiger partial charge >= 0.3 is 30.9 Å². The Morgan fingerprint density at radius 3 is 1.09 bits per heavy atom. The number of alkyl halides is 15. The van der Waals surface area contributed by atoms with Gasteiger partial charge < -0.3 is 9.13 Å². The van der Waals surface area contributed by atoms with Crippen molar-refractivity contribution < 1.29 is 65.9 Å². The van der Waals surface area contributed by atoms with Crippen molar-refractivity contribution in [3.63, 3.8) is 0 Å². The summed E-state index contributed by atoms with van der Waals surface area (Å²) in [5.74, 6) is 0.422. The molecule has 0 aliphatic rings. The number of nitrogens with zero attached hydrogens (tertiary/aromatic N) is 5. The van der Waals surface area contributed by atoms with E-state index in [0.717, 1.165) is 12.1 Å². The molecule has 5 nitrogen and oxygen atoms in total. The van der Waals surface area contributed by atoms with Gasteiger partial charge in [0.25, 0.3) is 0 Å². The summed E-state index contributed by atoms with van der Waals surface area (Å²) in [7, 11) is 0. The fraction of sp³-hybridized carbons (Fsp3) is 0.0735. The maximum absolute atomic E-state index is 16.4. The van der Waals surface area contributed by atoms with E-state index in [1.54, 1.807) is 120 Å². The SMILES string of the molecule is FC(F)(F)c1ccc(-c2ccc3c(c2)c2ccccc2n3-c2ccc(-c3nc(-c4ccccc4)nc(-c4ccccc4)n3)cc2-c2c(-n3c4ccccc4c4cc(-c5ccc(C(F)(F)F)cc5C(F)(F)F)ccc43)cccc2C(F)(F)F)c(C(F)(F)F)c1. The summed E-state index contributed by atoms with van der Waals surface area (Å²) < 4.78 is 224. The van der Waals surface area contributed by atoms with Crippen LogP contribution in [0.25, 0.3) is 123 Å². The molecule has 0 spiro atoms. The highest BCUT2D eigenvalue weighted by atomic mass is 19.4. The monoisotopic (exact) mass is 1210 g/mol. The fourth-order valence-electron chi connectivity index (χ4n) is 11.5. The molecule has 3 aromatic heterocycles. The number of aromatic nitrogens is 5. The van der Waals surface area contributed by atoms with Crippen LogP contribution < -0.4 is 0 Å². The highest BCUT2D eigenvalue weighted by Crippen LogP contribution is 2.50. The number of fused-ring (bicyclic) bond motifs is 6. The van der Waals surface area contributed by atoms with E-state index in [2.05, 4.69) is 0 Å². The molecule has 0 atom stereocenters. The Morgan fingerprint density at radius 1 is 0.250 bits per heavy atom. The lowest BCUT2D eigenvalue weighted by molar-refractivity contribution is -0.144. The van der Waals surface area contributed by atoms with E-state index in [0.29, 0.717) is 45.6 Å². The maximum Gasteiger partial charge on any atom is 0.417 e. The van der Waals surface area contributed by atoms with Crippen molar-refractivity contribution in [3.8, 4) is 78.9 Å². The highest BCUT2D eigenvalue weighted by Gasteiger charge is 2.41. The van der Waals surface area contributed by atoms with Gasteiger partial charge in [-0.05, 0) is 113 Å². The third-order valence-electron chi connectivity index (χ3n) is 15.3. The fourth-order valence-corrected chi connectivity index (χ4v) is 11.5. The van der Waals surface area contributed by atoms with E-state index in [9.17, 15) is 52.7 Å². The zero-order valence-electron chi connectivity index (χ0n) is 44.7. The molecule has 0 aliphatic carbocycles.